The molecule has 108 valence electrons. The maximum atomic E-state index is 13.1. The number of halogens is 2. The normalized spacial score (nSPS) is 14.2. The molecule has 0 saturated heterocycles. The number of nitrogens with two attached hydrogens (primary N) is 1. The summed E-state index contributed by atoms with van der Waals surface area (Å²) in [5.74, 6) is -0.315. The molecule has 0 bridgehead atoms. The molecule has 4 nitrogen and oxygen atoms in total. The van der Waals surface area contributed by atoms with Crippen molar-refractivity contribution in [1.82, 2.24) is 10.1 Å². The zero-order valence-corrected chi connectivity index (χ0v) is 11.4. The lowest BCUT2D eigenvalue weighted by Gasteiger charge is -2.12. The maximum absolute atomic E-state index is 13.1. The Bertz CT molecular complexity index is 565. The molecule has 2 N–H and O–H groups in total. The predicted octanol–water partition coefficient (Wildman–Crippen LogP) is 2.98. The van der Waals surface area contributed by atoms with Gasteiger partial charge in [0.25, 0.3) is 0 Å². The van der Waals surface area contributed by atoms with Crippen LogP contribution < -0.4 is 5.73 Å². The summed E-state index contributed by atoms with van der Waals surface area (Å²) in [6.07, 6.45) is 1.10. The van der Waals surface area contributed by atoms with Gasteiger partial charge in [0, 0.05) is 12.5 Å². The number of hydrogen-bond donors (Lipinski definition) is 1. The van der Waals surface area contributed by atoms with E-state index >= 15 is 0 Å². The van der Waals surface area contributed by atoms with Gasteiger partial charge in [-0.2, -0.15) is 4.98 Å². The fourth-order valence-electron chi connectivity index (χ4n) is 1.87. The third-order valence-electron chi connectivity index (χ3n) is 3.31. The number of rotatable bonds is 5. The van der Waals surface area contributed by atoms with Gasteiger partial charge in [-0.05, 0) is 23.6 Å². The average molecular weight is 281 g/mol. The van der Waals surface area contributed by atoms with Crippen LogP contribution in [0.25, 0.3) is 0 Å². The number of hydrogen-bond acceptors (Lipinski definition) is 4. The van der Waals surface area contributed by atoms with Crippen molar-refractivity contribution in [2.75, 3.05) is 0 Å². The summed E-state index contributed by atoms with van der Waals surface area (Å²) < 4.78 is 31.3. The van der Waals surface area contributed by atoms with Crippen LogP contribution >= 0.6 is 0 Å². The van der Waals surface area contributed by atoms with Gasteiger partial charge in [0.1, 0.15) is 11.6 Å². The van der Waals surface area contributed by atoms with Gasteiger partial charge in [-0.25, -0.2) is 8.78 Å². The molecule has 2 atom stereocenters. The van der Waals surface area contributed by atoms with Crippen LogP contribution in [0.2, 0.25) is 0 Å². The molecule has 0 aliphatic carbocycles. The summed E-state index contributed by atoms with van der Waals surface area (Å²) in [7, 11) is 0. The van der Waals surface area contributed by atoms with Crippen LogP contribution in [0, 0.1) is 17.6 Å². The van der Waals surface area contributed by atoms with Crippen LogP contribution in [0.5, 0.6) is 0 Å². The molecule has 6 heteroatoms. The minimum absolute atomic E-state index is 0.200. The molecule has 2 aromatic rings. The Balaban J connectivity index is 2.13. The maximum Gasteiger partial charge on any atom is 0.243 e. The van der Waals surface area contributed by atoms with Gasteiger partial charge in [-0.15, -0.1) is 0 Å². The molecule has 1 heterocycles. The van der Waals surface area contributed by atoms with E-state index in [-0.39, 0.29) is 18.4 Å². The van der Waals surface area contributed by atoms with Gasteiger partial charge in [-0.1, -0.05) is 25.4 Å². The lowest BCUT2D eigenvalue weighted by molar-refractivity contribution is 0.310. The van der Waals surface area contributed by atoms with Gasteiger partial charge in [0.15, 0.2) is 5.82 Å². The molecular formula is C14H17F2N3O. The molecule has 1 aromatic carbocycles. The van der Waals surface area contributed by atoms with E-state index < -0.39 is 11.6 Å². The highest BCUT2D eigenvalue weighted by atomic mass is 19.1. The van der Waals surface area contributed by atoms with Crippen LogP contribution in [0.4, 0.5) is 8.78 Å². The van der Waals surface area contributed by atoms with E-state index in [0.717, 1.165) is 12.5 Å². The largest absolute Gasteiger partial charge is 0.338 e. The first kappa shape index (κ1) is 14.6. The van der Waals surface area contributed by atoms with Crippen molar-refractivity contribution in [3.05, 3.63) is 47.1 Å². The fraction of sp³-hybridized carbons (Fsp3) is 0.429. The average Bonchev–Trinajstić information content (AvgIpc) is 2.84. The summed E-state index contributed by atoms with van der Waals surface area (Å²) in [5, 5.41) is 3.80. The van der Waals surface area contributed by atoms with E-state index in [1.165, 1.54) is 12.1 Å². The molecule has 0 fully saturated rings. The van der Waals surface area contributed by atoms with Crippen LogP contribution in [0.1, 0.15) is 43.6 Å². The van der Waals surface area contributed by atoms with Gasteiger partial charge in [0.2, 0.25) is 5.89 Å². The van der Waals surface area contributed by atoms with Gasteiger partial charge < -0.3 is 10.3 Å². The van der Waals surface area contributed by atoms with Crippen molar-refractivity contribution in [2.45, 2.75) is 32.7 Å². The molecule has 0 spiro atoms. The van der Waals surface area contributed by atoms with Crippen LogP contribution in [-0.2, 0) is 6.42 Å². The van der Waals surface area contributed by atoms with Gasteiger partial charge in [-0.3, -0.25) is 0 Å². The van der Waals surface area contributed by atoms with Crippen molar-refractivity contribution in [1.29, 1.82) is 0 Å². The quantitative estimate of drug-likeness (QED) is 0.915. The second kappa shape index (κ2) is 6.09. The molecule has 1 aromatic heterocycles. The van der Waals surface area contributed by atoms with E-state index in [4.69, 9.17) is 10.3 Å². The van der Waals surface area contributed by atoms with Crippen LogP contribution in [-0.4, -0.2) is 10.1 Å². The Morgan fingerprint density at radius 3 is 2.50 bits per heavy atom. The summed E-state index contributed by atoms with van der Waals surface area (Å²) in [6, 6.07) is 2.98. The zero-order valence-electron chi connectivity index (χ0n) is 11.4. The second-order valence-corrected chi connectivity index (χ2v) is 4.91. The standard InChI is InChI=1S/C14H17F2N3O/c1-3-8(2)13(17)14-18-12(19-20-14)6-9-4-10(15)7-11(16)5-9/h4-5,7-8,13H,3,6,17H2,1-2H3. The number of benzene rings is 1. The van der Waals surface area contributed by atoms with E-state index in [1.54, 1.807) is 0 Å². The summed E-state index contributed by atoms with van der Waals surface area (Å²) >= 11 is 0. The van der Waals surface area contributed by atoms with Crippen molar-refractivity contribution in [3.8, 4) is 0 Å². The molecule has 0 saturated carbocycles. The Labute approximate surface area is 116 Å². The first-order valence-corrected chi connectivity index (χ1v) is 6.52. The zero-order chi connectivity index (χ0) is 14.7. The summed E-state index contributed by atoms with van der Waals surface area (Å²) in [4.78, 5) is 4.19. The number of nitrogens with zero attached hydrogens (tertiary/aromatic N) is 2. The Kier molecular flexibility index (Phi) is 4.44. The second-order valence-electron chi connectivity index (χ2n) is 4.91. The molecule has 20 heavy (non-hydrogen) atoms. The van der Waals surface area contributed by atoms with Crippen molar-refractivity contribution in [2.24, 2.45) is 11.7 Å². The Hall–Kier alpha value is -1.82. The molecule has 2 rings (SSSR count). The molecular weight excluding hydrogens is 264 g/mol. The lowest BCUT2D eigenvalue weighted by atomic mass is 10.0. The summed E-state index contributed by atoms with van der Waals surface area (Å²) in [6.45, 7) is 4.02. The third kappa shape index (κ3) is 3.39. The topological polar surface area (TPSA) is 64.9 Å². The van der Waals surface area contributed by atoms with E-state index in [0.29, 0.717) is 17.3 Å². The molecule has 2 unspecified atom stereocenters. The van der Waals surface area contributed by atoms with Gasteiger partial charge >= 0.3 is 0 Å². The first-order valence-electron chi connectivity index (χ1n) is 6.52. The first-order chi connectivity index (χ1) is 9.49. The molecule has 0 aliphatic heterocycles. The molecule has 0 amide bonds. The van der Waals surface area contributed by atoms with E-state index in [1.807, 2.05) is 13.8 Å². The smallest absolute Gasteiger partial charge is 0.243 e. The summed E-state index contributed by atoms with van der Waals surface area (Å²) in [5.41, 5.74) is 6.44. The highest BCUT2D eigenvalue weighted by Gasteiger charge is 2.20. The lowest BCUT2D eigenvalue weighted by Crippen LogP contribution is -2.18. The molecule has 0 aliphatic rings. The monoisotopic (exact) mass is 281 g/mol. The highest BCUT2D eigenvalue weighted by molar-refractivity contribution is 5.21. The fourth-order valence-corrected chi connectivity index (χ4v) is 1.87. The van der Waals surface area contributed by atoms with Crippen molar-refractivity contribution >= 4 is 0 Å². The van der Waals surface area contributed by atoms with Crippen LogP contribution in [0.3, 0.4) is 0 Å². The van der Waals surface area contributed by atoms with Gasteiger partial charge in [0.05, 0.1) is 6.04 Å². The van der Waals surface area contributed by atoms with Crippen molar-refractivity contribution in [3.63, 3.8) is 0 Å². The van der Waals surface area contributed by atoms with E-state index in [2.05, 4.69) is 10.1 Å². The number of aromatic nitrogens is 2. The SMILES string of the molecule is CCC(C)C(N)c1nc(Cc2cc(F)cc(F)c2)no1. The van der Waals surface area contributed by atoms with Crippen LogP contribution in [0.15, 0.2) is 22.7 Å². The van der Waals surface area contributed by atoms with Crippen molar-refractivity contribution < 1.29 is 13.3 Å². The third-order valence-corrected chi connectivity index (χ3v) is 3.31. The predicted molar refractivity (Wildman–Crippen MR) is 69.8 cm³/mol. The molecule has 0 radical (unpaired) electrons. The highest BCUT2D eigenvalue weighted by Crippen LogP contribution is 2.20. The minimum Gasteiger partial charge on any atom is -0.338 e. The Morgan fingerprint density at radius 2 is 1.90 bits per heavy atom. The van der Waals surface area contributed by atoms with E-state index in [9.17, 15) is 8.78 Å². The Morgan fingerprint density at radius 1 is 1.25 bits per heavy atom. The minimum atomic E-state index is -0.625.